The van der Waals surface area contributed by atoms with E-state index in [1.807, 2.05) is 41.8 Å². The van der Waals surface area contributed by atoms with Gasteiger partial charge in [0.05, 0.1) is 12.1 Å². The summed E-state index contributed by atoms with van der Waals surface area (Å²) in [6.07, 6.45) is 3.77. The first-order chi connectivity index (χ1) is 14.6. The molecule has 0 unspecified atom stereocenters. The highest BCUT2D eigenvalue weighted by Gasteiger charge is 2.09. The smallest absolute Gasteiger partial charge is 0.228 e. The molecule has 148 valence electrons. The molecule has 0 saturated heterocycles. The van der Waals surface area contributed by atoms with Crippen molar-refractivity contribution in [2.24, 2.45) is 0 Å². The monoisotopic (exact) mass is 413 g/mol. The van der Waals surface area contributed by atoms with Gasteiger partial charge in [0.15, 0.2) is 5.78 Å². The number of thiazole rings is 1. The lowest BCUT2D eigenvalue weighted by atomic mass is 10.1. The SMILES string of the molecule is CC(=O)c1cccc(NC(=O)Cc2ccc(-c3csc(-c4ccncc4)n3)cc2)c1. The molecule has 0 aliphatic rings. The van der Waals surface area contributed by atoms with E-state index in [4.69, 9.17) is 4.98 Å². The Hall–Kier alpha value is -3.64. The van der Waals surface area contributed by atoms with Crippen LogP contribution in [0.15, 0.2) is 78.4 Å². The number of aromatic nitrogens is 2. The zero-order valence-electron chi connectivity index (χ0n) is 16.3. The van der Waals surface area contributed by atoms with Gasteiger partial charge in [-0.1, -0.05) is 36.4 Å². The fourth-order valence-corrected chi connectivity index (χ4v) is 3.87. The molecule has 5 nitrogen and oxygen atoms in total. The Morgan fingerprint density at radius 2 is 1.73 bits per heavy atom. The van der Waals surface area contributed by atoms with Crippen molar-refractivity contribution in [3.05, 3.63) is 89.6 Å². The summed E-state index contributed by atoms with van der Waals surface area (Å²) in [4.78, 5) is 32.6. The lowest BCUT2D eigenvalue weighted by Gasteiger charge is -2.07. The van der Waals surface area contributed by atoms with Crippen LogP contribution in [-0.2, 0) is 11.2 Å². The fourth-order valence-electron chi connectivity index (χ4n) is 3.03. The summed E-state index contributed by atoms with van der Waals surface area (Å²) in [6.45, 7) is 1.50. The average molecular weight is 414 g/mol. The number of benzene rings is 2. The van der Waals surface area contributed by atoms with Crippen LogP contribution in [-0.4, -0.2) is 21.7 Å². The van der Waals surface area contributed by atoms with E-state index >= 15 is 0 Å². The van der Waals surface area contributed by atoms with Gasteiger partial charge in [-0.3, -0.25) is 14.6 Å². The summed E-state index contributed by atoms with van der Waals surface area (Å²) in [5.41, 5.74) is 5.06. The van der Waals surface area contributed by atoms with Crippen LogP contribution in [0.5, 0.6) is 0 Å². The van der Waals surface area contributed by atoms with E-state index in [0.29, 0.717) is 11.3 Å². The number of amides is 1. The highest BCUT2D eigenvalue weighted by Crippen LogP contribution is 2.28. The Bertz CT molecular complexity index is 1180. The number of hydrogen-bond donors (Lipinski definition) is 1. The van der Waals surface area contributed by atoms with E-state index in [1.54, 1.807) is 48.0 Å². The molecule has 0 fully saturated rings. The minimum Gasteiger partial charge on any atom is -0.326 e. The van der Waals surface area contributed by atoms with Crippen LogP contribution in [0.25, 0.3) is 21.8 Å². The molecule has 0 aliphatic carbocycles. The van der Waals surface area contributed by atoms with Crippen molar-refractivity contribution in [1.29, 1.82) is 0 Å². The summed E-state index contributed by atoms with van der Waals surface area (Å²) >= 11 is 1.59. The van der Waals surface area contributed by atoms with Crippen molar-refractivity contribution in [3.63, 3.8) is 0 Å². The Balaban J connectivity index is 1.41. The number of hydrogen-bond acceptors (Lipinski definition) is 5. The molecule has 0 bridgehead atoms. The van der Waals surface area contributed by atoms with Crippen LogP contribution >= 0.6 is 11.3 Å². The normalized spacial score (nSPS) is 10.6. The van der Waals surface area contributed by atoms with Crippen molar-refractivity contribution >= 4 is 28.7 Å². The van der Waals surface area contributed by atoms with Gasteiger partial charge in [-0.25, -0.2) is 4.98 Å². The maximum atomic E-state index is 12.4. The first kappa shape index (κ1) is 19.7. The molecule has 0 saturated carbocycles. The molecule has 6 heteroatoms. The van der Waals surface area contributed by atoms with Crippen LogP contribution < -0.4 is 5.32 Å². The van der Waals surface area contributed by atoms with Crippen molar-refractivity contribution in [3.8, 4) is 21.8 Å². The predicted molar refractivity (Wildman–Crippen MR) is 120 cm³/mol. The van der Waals surface area contributed by atoms with E-state index in [2.05, 4.69) is 10.3 Å². The maximum Gasteiger partial charge on any atom is 0.228 e. The first-order valence-electron chi connectivity index (χ1n) is 9.44. The minimum absolute atomic E-state index is 0.0317. The van der Waals surface area contributed by atoms with E-state index in [-0.39, 0.29) is 18.1 Å². The predicted octanol–water partition coefficient (Wildman–Crippen LogP) is 5.26. The summed E-state index contributed by atoms with van der Waals surface area (Å²) in [7, 11) is 0. The van der Waals surface area contributed by atoms with E-state index < -0.39 is 0 Å². The number of anilines is 1. The third kappa shape index (κ3) is 4.67. The Labute approximate surface area is 178 Å². The van der Waals surface area contributed by atoms with Gasteiger partial charge < -0.3 is 5.32 Å². The highest BCUT2D eigenvalue weighted by molar-refractivity contribution is 7.13. The molecule has 30 heavy (non-hydrogen) atoms. The van der Waals surface area contributed by atoms with Gasteiger partial charge in [0.25, 0.3) is 0 Å². The summed E-state index contributed by atoms with van der Waals surface area (Å²) in [6, 6.07) is 18.7. The standard InChI is InChI=1S/C24H19N3O2S/c1-16(28)20-3-2-4-21(14-20)26-23(29)13-17-5-7-18(8-6-17)22-15-30-24(27-22)19-9-11-25-12-10-19/h2-12,14-15H,13H2,1H3,(H,26,29). The Morgan fingerprint density at radius 1 is 0.967 bits per heavy atom. The zero-order valence-corrected chi connectivity index (χ0v) is 17.1. The van der Waals surface area contributed by atoms with E-state index in [0.717, 1.165) is 27.4 Å². The molecular weight excluding hydrogens is 394 g/mol. The van der Waals surface area contributed by atoms with E-state index in [9.17, 15) is 9.59 Å². The van der Waals surface area contributed by atoms with Gasteiger partial charge >= 0.3 is 0 Å². The number of carbonyl (C=O) groups is 2. The van der Waals surface area contributed by atoms with Crippen LogP contribution in [0.1, 0.15) is 22.8 Å². The Kier molecular flexibility index (Phi) is 5.77. The van der Waals surface area contributed by atoms with Crippen molar-refractivity contribution < 1.29 is 9.59 Å². The van der Waals surface area contributed by atoms with E-state index in [1.165, 1.54) is 6.92 Å². The summed E-state index contributed by atoms with van der Waals surface area (Å²) < 4.78 is 0. The molecule has 1 N–H and O–H groups in total. The second-order valence-electron chi connectivity index (χ2n) is 6.83. The number of rotatable bonds is 6. The van der Waals surface area contributed by atoms with Gasteiger partial charge in [0.2, 0.25) is 5.91 Å². The molecule has 4 rings (SSSR count). The number of carbonyl (C=O) groups excluding carboxylic acids is 2. The second-order valence-corrected chi connectivity index (χ2v) is 7.69. The lowest BCUT2D eigenvalue weighted by Crippen LogP contribution is -2.14. The minimum atomic E-state index is -0.128. The van der Waals surface area contributed by atoms with Crippen molar-refractivity contribution in [2.75, 3.05) is 5.32 Å². The zero-order chi connectivity index (χ0) is 20.9. The molecule has 0 aliphatic heterocycles. The van der Waals surface area contributed by atoms with Crippen LogP contribution in [0.2, 0.25) is 0 Å². The third-order valence-corrected chi connectivity index (χ3v) is 5.49. The number of ketones is 1. The van der Waals surface area contributed by atoms with Gasteiger partial charge in [0, 0.05) is 40.2 Å². The van der Waals surface area contributed by atoms with Gasteiger partial charge in [0.1, 0.15) is 5.01 Å². The number of Topliss-reactive ketones (excluding diaryl/α,β-unsaturated/α-hetero) is 1. The van der Waals surface area contributed by atoms with Crippen LogP contribution in [0, 0.1) is 0 Å². The highest BCUT2D eigenvalue weighted by atomic mass is 32.1. The van der Waals surface area contributed by atoms with Crippen molar-refractivity contribution in [1.82, 2.24) is 9.97 Å². The topological polar surface area (TPSA) is 72.0 Å². The van der Waals surface area contributed by atoms with Crippen LogP contribution in [0.4, 0.5) is 5.69 Å². The maximum absolute atomic E-state index is 12.4. The molecule has 4 aromatic rings. The van der Waals surface area contributed by atoms with Gasteiger partial charge in [-0.05, 0) is 36.8 Å². The molecule has 2 heterocycles. The molecule has 1 amide bonds. The summed E-state index contributed by atoms with van der Waals surface area (Å²) in [5, 5.41) is 5.82. The van der Waals surface area contributed by atoms with Crippen molar-refractivity contribution in [2.45, 2.75) is 13.3 Å². The summed E-state index contributed by atoms with van der Waals surface area (Å²) in [5.74, 6) is -0.159. The second kappa shape index (κ2) is 8.80. The lowest BCUT2D eigenvalue weighted by molar-refractivity contribution is -0.115. The van der Waals surface area contributed by atoms with Crippen LogP contribution in [0.3, 0.4) is 0 Å². The fraction of sp³-hybridized carbons (Fsp3) is 0.0833. The average Bonchev–Trinajstić information content (AvgIpc) is 3.25. The molecule has 0 spiro atoms. The number of nitrogens with zero attached hydrogens (tertiary/aromatic N) is 2. The van der Waals surface area contributed by atoms with Gasteiger partial charge in [-0.15, -0.1) is 11.3 Å². The quantitative estimate of drug-likeness (QED) is 0.438. The molecular formula is C24H19N3O2S. The van der Waals surface area contributed by atoms with Gasteiger partial charge in [-0.2, -0.15) is 0 Å². The Morgan fingerprint density at radius 3 is 2.47 bits per heavy atom. The molecule has 2 aromatic carbocycles. The first-order valence-corrected chi connectivity index (χ1v) is 10.3. The third-order valence-electron chi connectivity index (χ3n) is 4.60. The largest absolute Gasteiger partial charge is 0.326 e. The molecule has 0 atom stereocenters. The number of pyridine rings is 1. The molecule has 0 radical (unpaired) electrons. The number of nitrogens with one attached hydrogen (secondary N) is 1. The molecule has 2 aromatic heterocycles.